The maximum atomic E-state index is 15.5. The number of ether oxygens (including phenoxy) is 2. The number of nitrogens with zero attached hydrogens (tertiary/aromatic N) is 4. The number of urea groups is 1. The van der Waals surface area contributed by atoms with Gasteiger partial charge in [0.25, 0.3) is 5.56 Å². The summed E-state index contributed by atoms with van der Waals surface area (Å²) in [6, 6.07) is 15.6. The summed E-state index contributed by atoms with van der Waals surface area (Å²) in [7, 11) is 0. The first kappa shape index (κ1) is 95.7. The van der Waals surface area contributed by atoms with Crippen molar-refractivity contribution in [3.63, 3.8) is 0 Å². The largest absolute Gasteiger partial charge is 0.481 e. The number of aliphatic hydroxyl groups is 1. The molecule has 38 heteroatoms. The minimum absolute atomic E-state index is 0.0462. The first-order valence-corrected chi connectivity index (χ1v) is 45.2. The van der Waals surface area contributed by atoms with Crippen molar-refractivity contribution in [3.8, 4) is 11.4 Å². The zero-order valence-corrected chi connectivity index (χ0v) is 72.8. The number of anilines is 1. The minimum atomic E-state index is -2.06. The number of thioether (sulfide) groups is 1. The molecule has 12 amide bonds. The molecule has 12 rings (SSSR count). The minimum Gasteiger partial charge on any atom is -0.481 e. The fraction of sp³-hybridized carbons (Fsp3) is 0.505. The molecule has 0 spiro atoms. The van der Waals surface area contributed by atoms with Gasteiger partial charge in [-0.2, -0.15) is 0 Å². The van der Waals surface area contributed by atoms with Crippen molar-refractivity contribution in [2.75, 3.05) is 50.3 Å². The van der Waals surface area contributed by atoms with Crippen LogP contribution in [-0.2, 0) is 110 Å². The van der Waals surface area contributed by atoms with Crippen LogP contribution in [0.3, 0.4) is 0 Å². The Bertz CT molecular complexity index is 5360. The summed E-state index contributed by atoms with van der Waals surface area (Å²) in [6.45, 7) is 3.85. The molecule has 6 aromatic rings. The highest BCUT2D eigenvalue weighted by molar-refractivity contribution is 8.00. The number of halogens is 1. The van der Waals surface area contributed by atoms with Crippen molar-refractivity contribution in [2.24, 2.45) is 17.6 Å². The Balaban J connectivity index is 0.485. The van der Waals surface area contributed by atoms with Crippen molar-refractivity contribution in [1.82, 2.24) is 61.9 Å². The molecule has 690 valence electrons. The number of esters is 1. The Labute approximate surface area is 746 Å². The molecule has 4 aliphatic heterocycles. The molecule has 15 N–H and O–H groups in total. The molecule has 2 aliphatic carbocycles. The number of unbranched alkanes of at least 4 members (excludes halogenated alkanes) is 5. The molecule has 0 bridgehead atoms. The van der Waals surface area contributed by atoms with Crippen LogP contribution in [0, 0.1) is 24.6 Å². The molecule has 6 heterocycles. The van der Waals surface area contributed by atoms with Crippen LogP contribution in [0.25, 0.3) is 33.1 Å². The van der Waals surface area contributed by atoms with Gasteiger partial charge in [0.15, 0.2) is 5.60 Å². The van der Waals surface area contributed by atoms with Crippen molar-refractivity contribution in [2.45, 2.75) is 235 Å². The van der Waals surface area contributed by atoms with E-state index in [1.165, 1.54) is 20.4 Å². The van der Waals surface area contributed by atoms with Crippen LogP contribution in [0.15, 0.2) is 83.7 Å². The number of nitrogens with two attached hydrogens (primary N) is 1. The van der Waals surface area contributed by atoms with Crippen LogP contribution >= 0.6 is 11.8 Å². The summed E-state index contributed by atoms with van der Waals surface area (Å²) in [5, 5.41) is 65.8. The number of amides is 12. The molecule has 0 radical (unpaired) electrons. The van der Waals surface area contributed by atoms with Gasteiger partial charge in [0.2, 0.25) is 53.2 Å². The first-order chi connectivity index (χ1) is 61.9. The SMILES string of the molecule is CC[C@@]1(O)C(=O)OCc2c1cc1n(c2=O)Cc2c-1nc1cc(F)c(C)c3c1c2[C@@H](NC(=O)OCc1ccc(NC(=O)[C@@H]2CCCN2C(=O)CNC(=O)CCCCCN2C(=O)CC(SC[C@H](N)C(=O)NCCCCCC(=O)NCC4CCC(C(=O)N[C@@H](Cc5ccc6ccccc6c5)C(=O)NCCCC[C@H](NC(=O)N[C@@H](CCC(=O)O)C(=O)O)C(=O)O)CC4)C2=O)cc1)CC3. The Morgan fingerprint density at radius 1 is 0.705 bits per heavy atom. The van der Waals surface area contributed by atoms with E-state index in [0.29, 0.717) is 160 Å². The van der Waals surface area contributed by atoms with Crippen LogP contribution in [0.5, 0.6) is 0 Å². The van der Waals surface area contributed by atoms with E-state index in [-0.39, 0.29) is 149 Å². The Kier molecular flexibility index (Phi) is 32.7. The lowest BCUT2D eigenvalue weighted by atomic mass is 9.81. The first-order valence-electron chi connectivity index (χ1n) is 44.1. The number of fused-ring (bicyclic) bond motifs is 6. The number of aryl methyl sites for hydroxylation is 1. The van der Waals surface area contributed by atoms with Crippen LogP contribution < -0.4 is 59.1 Å². The van der Waals surface area contributed by atoms with E-state index >= 15 is 4.39 Å². The van der Waals surface area contributed by atoms with Crippen molar-refractivity contribution in [3.05, 3.63) is 140 Å². The molecular weight excluding hydrogens is 1690 g/mol. The van der Waals surface area contributed by atoms with Gasteiger partial charge in [-0.05, 0) is 179 Å². The fourth-order valence-corrected chi connectivity index (χ4v) is 18.8. The third kappa shape index (κ3) is 24.1. The monoisotopic (exact) mass is 1800 g/mol. The highest BCUT2D eigenvalue weighted by Gasteiger charge is 2.47. The Morgan fingerprint density at radius 2 is 1.39 bits per heavy atom. The molecule has 129 heavy (non-hydrogen) atoms. The summed E-state index contributed by atoms with van der Waals surface area (Å²) in [6.07, 6.45) is 6.43. The number of carboxylic acids is 3. The number of carboxylic acid groups (broad SMARTS) is 3. The number of aliphatic carboxylic acids is 3. The fourth-order valence-electron chi connectivity index (χ4n) is 17.6. The predicted octanol–water partition coefficient (Wildman–Crippen LogP) is 6.07. The number of cyclic esters (lactones) is 1. The van der Waals surface area contributed by atoms with Gasteiger partial charge in [-0.15, -0.1) is 11.8 Å². The molecule has 36 nitrogen and oxygen atoms in total. The number of imide groups is 1. The average Bonchev–Trinajstić information content (AvgIpc) is 1.55. The highest BCUT2D eigenvalue weighted by atomic mass is 32.2. The highest BCUT2D eigenvalue weighted by Crippen LogP contribution is 2.46. The van der Waals surface area contributed by atoms with E-state index in [4.69, 9.17) is 25.3 Å². The Hall–Kier alpha value is -12.5. The lowest BCUT2D eigenvalue weighted by Crippen LogP contribution is -2.51. The van der Waals surface area contributed by atoms with Crippen molar-refractivity contribution in [1.29, 1.82) is 0 Å². The predicted molar refractivity (Wildman–Crippen MR) is 468 cm³/mol. The number of nitrogens with one attached hydrogen (secondary N) is 9. The number of rotatable bonds is 43. The summed E-state index contributed by atoms with van der Waals surface area (Å²) in [5.74, 6) is -8.86. The van der Waals surface area contributed by atoms with Crippen LogP contribution in [-0.4, -0.2) is 209 Å². The normalized spacial score (nSPS) is 19.3. The third-order valence-corrected chi connectivity index (χ3v) is 26.3. The standard InChI is InChI=1S/C91H111FN14O22S/c1-3-91(126)61-41-70-79-59(46-106(70)84(117)60(61)48-127-88(91)123)78-64(32-31-58-50(2)62(92)42-67(99-79)77(58)78)103-90(125)128-47-52-24-29-57(30-25-52)98-83(116)69-18-14-38-104(69)75(110)45-97-73(108)20-7-5-13-37-105-74(109)43-71(85(105)118)129-49-63(93)81(114)94-35-11-4-6-19-72(107)96-44-51-21-27-55(28-22-51)80(113)100-68(40-53-23-26-54-15-8-9-16-56(54)39-53)82(115)95-36-12-10-17-65(86(119)120)101-89(124)102-66(87(121)122)33-34-76(111)112/h8-9,15-16,23-26,29-30,39,41-42,51,55,63-66,68-69,71,126H,3-7,10-14,17-22,27-28,31-38,40,43-49,93H2,1-2H3,(H,94,114)(H,95,115)(H,96,107)(H,97,108)(H,98,116)(H,100,113)(H,103,125)(H,111,112)(H,119,120)(H,121,122)(H2,101,102,124)/t51?,55?,63-,64-,65-,66-,68-,69-,71?,91-/m0/s1. The number of benzene rings is 4. The maximum absolute atomic E-state index is 15.5. The molecule has 8 atom stereocenters. The molecule has 4 aromatic carbocycles. The van der Waals surface area contributed by atoms with Gasteiger partial charge < -0.3 is 93.0 Å². The number of carbonyl (C=O) groups is 15. The van der Waals surface area contributed by atoms with Crippen LogP contribution in [0.1, 0.15) is 199 Å². The molecule has 3 fully saturated rings. The molecule has 6 aliphatic rings. The summed E-state index contributed by atoms with van der Waals surface area (Å²) >= 11 is 1.14. The lowest BCUT2D eigenvalue weighted by molar-refractivity contribution is -0.172. The summed E-state index contributed by atoms with van der Waals surface area (Å²) in [4.78, 5) is 215. The molecule has 2 aromatic heterocycles. The molecular formula is C91H111FN14O22S. The number of aromatic nitrogens is 2. The number of pyridine rings is 2. The van der Waals surface area contributed by atoms with Gasteiger partial charge in [0, 0.05) is 105 Å². The number of hydrogen-bond acceptors (Lipinski definition) is 22. The zero-order valence-electron chi connectivity index (χ0n) is 72.0. The van der Waals surface area contributed by atoms with Crippen molar-refractivity contribution < 1.29 is 106 Å². The summed E-state index contributed by atoms with van der Waals surface area (Å²) in [5.41, 5.74) is 9.28. The molecule has 1 saturated carbocycles. The quantitative estimate of drug-likeness (QED) is 0.0117. The lowest BCUT2D eigenvalue weighted by Gasteiger charge is -2.31. The molecule has 2 saturated heterocycles. The van der Waals surface area contributed by atoms with Gasteiger partial charge in [0.05, 0.1) is 52.9 Å². The topological polar surface area (TPSA) is 531 Å². The smallest absolute Gasteiger partial charge is 0.407 e. The summed E-state index contributed by atoms with van der Waals surface area (Å²) < 4.78 is 28.0. The van der Waals surface area contributed by atoms with E-state index in [0.717, 1.165) is 33.7 Å². The number of carbonyl (C=O) groups excluding carboxylic acids is 12. The van der Waals surface area contributed by atoms with Gasteiger partial charge >= 0.3 is 36.0 Å². The number of alkyl carbamates (subject to hydrolysis) is 1. The second-order valence-corrected chi connectivity index (χ2v) is 35.1. The third-order valence-electron chi connectivity index (χ3n) is 25.0. The van der Waals surface area contributed by atoms with Gasteiger partial charge in [-0.25, -0.2) is 33.3 Å². The Morgan fingerprint density at radius 3 is 2.10 bits per heavy atom. The van der Waals surface area contributed by atoms with Gasteiger partial charge in [0.1, 0.15) is 43.2 Å². The maximum Gasteiger partial charge on any atom is 0.407 e. The average molecular weight is 1800 g/mol. The van der Waals surface area contributed by atoms with E-state index in [1.807, 2.05) is 42.5 Å². The van der Waals surface area contributed by atoms with Crippen LogP contribution in [0.4, 0.5) is 19.7 Å². The number of hydrogen-bond donors (Lipinski definition) is 14. The van der Waals surface area contributed by atoms with E-state index in [9.17, 15) is 92.0 Å². The number of likely N-dealkylation sites (tertiary alicyclic amines) is 2. The van der Waals surface area contributed by atoms with E-state index < -0.39 is 131 Å². The van der Waals surface area contributed by atoms with Gasteiger partial charge in [-0.1, -0.05) is 74.4 Å². The van der Waals surface area contributed by atoms with Gasteiger partial charge in [-0.3, -0.25) is 57.6 Å². The van der Waals surface area contributed by atoms with Crippen LogP contribution in [0.2, 0.25) is 0 Å². The van der Waals surface area contributed by atoms with Crippen molar-refractivity contribution >= 4 is 128 Å². The zero-order chi connectivity index (χ0) is 92.3. The second kappa shape index (κ2) is 44.0. The second-order valence-electron chi connectivity index (χ2n) is 33.8. The van der Waals surface area contributed by atoms with E-state index in [2.05, 4.69) is 47.9 Å². The molecule has 1 unspecified atom stereocenters. The van der Waals surface area contributed by atoms with E-state index in [1.54, 1.807) is 44.2 Å².